The third-order valence-corrected chi connectivity index (χ3v) is 7.22. The second-order valence-electron chi connectivity index (χ2n) is 8.21. The van der Waals surface area contributed by atoms with Gasteiger partial charge in [0, 0.05) is 41.2 Å². The van der Waals surface area contributed by atoms with Crippen molar-refractivity contribution in [2.75, 3.05) is 20.8 Å². The molecule has 27 heavy (non-hydrogen) atoms. The average Bonchev–Trinajstić information content (AvgIpc) is 2.94. The molecule has 1 aromatic heterocycles. The largest absolute Gasteiger partial charge is 0.497 e. The first-order chi connectivity index (χ1) is 13.0. The molecule has 142 valence electrons. The number of methoxy groups -OCH3 is 1. The monoisotopic (exact) mass is 366 g/mol. The maximum absolute atomic E-state index is 11.8. The topological polar surface area (TPSA) is 43.7 Å². The number of carbonyl (C=O) groups is 1. The van der Waals surface area contributed by atoms with Gasteiger partial charge in [-0.1, -0.05) is 0 Å². The zero-order valence-corrected chi connectivity index (χ0v) is 16.4. The number of benzene rings is 1. The van der Waals surface area contributed by atoms with Crippen molar-refractivity contribution in [3.05, 3.63) is 40.8 Å². The molecule has 0 spiro atoms. The van der Waals surface area contributed by atoms with Crippen molar-refractivity contribution in [1.82, 2.24) is 9.47 Å². The van der Waals surface area contributed by atoms with E-state index < -0.39 is 0 Å². The normalized spacial score (nSPS) is 29.9. The molecule has 2 bridgehead atoms. The minimum Gasteiger partial charge on any atom is -0.497 e. The van der Waals surface area contributed by atoms with Gasteiger partial charge in [0.05, 0.1) is 25.5 Å². The van der Waals surface area contributed by atoms with Gasteiger partial charge < -0.3 is 14.0 Å². The summed E-state index contributed by atoms with van der Waals surface area (Å²) in [7, 11) is 6.12. The Bertz CT molecular complexity index is 974. The molecule has 0 unspecified atom stereocenters. The van der Waals surface area contributed by atoms with Crippen molar-refractivity contribution < 1.29 is 14.3 Å². The Morgan fingerprint density at radius 3 is 2.85 bits per heavy atom. The Balaban J connectivity index is 1.68. The van der Waals surface area contributed by atoms with Crippen LogP contribution in [0, 0.1) is 11.8 Å². The van der Waals surface area contributed by atoms with Crippen LogP contribution in [0.5, 0.6) is 5.75 Å². The van der Waals surface area contributed by atoms with Crippen LogP contribution in [-0.2, 0) is 23.0 Å². The van der Waals surface area contributed by atoms with E-state index in [0.717, 1.165) is 36.2 Å². The zero-order valence-electron chi connectivity index (χ0n) is 16.4. The van der Waals surface area contributed by atoms with Gasteiger partial charge in [0.25, 0.3) is 0 Å². The van der Waals surface area contributed by atoms with Crippen molar-refractivity contribution in [2.24, 2.45) is 18.9 Å². The van der Waals surface area contributed by atoms with E-state index in [-0.39, 0.29) is 0 Å². The predicted octanol–water partition coefficient (Wildman–Crippen LogP) is 3.22. The first-order valence-corrected chi connectivity index (χ1v) is 9.71. The molecule has 3 aliphatic rings. The van der Waals surface area contributed by atoms with Gasteiger partial charge in [-0.05, 0) is 56.5 Å². The number of likely N-dealkylation sites (N-methyl/N-ethyl adjacent to an activating group) is 1. The molecule has 1 aromatic carbocycles. The number of ether oxygens (including phenoxy) is 2. The SMILES string of the molecule is COc1ccc2c(c1)c1c(n2C)[C@@H]2C[C@H]3C(C=O)=C(C)OC[C@H]3[C@H](C1)N2C. The predicted molar refractivity (Wildman–Crippen MR) is 104 cm³/mol. The third-order valence-electron chi connectivity index (χ3n) is 7.22. The van der Waals surface area contributed by atoms with Gasteiger partial charge >= 0.3 is 0 Å². The van der Waals surface area contributed by atoms with E-state index in [1.165, 1.54) is 22.2 Å². The number of carbonyl (C=O) groups excluding carboxylic acids is 1. The third kappa shape index (κ3) is 2.18. The Morgan fingerprint density at radius 2 is 2.11 bits per heavy atom. The molecular formula is C22H26N2O3. The van der Waals surface area contributed by atoms with E-state index in [2.05, 4.69) is 35.7 Å². The van der Waals surface area contributed by atoms with Crippen LogP contribution in [0.4, 0.5) is 0 Å². The summed E-state index contributed by atoms with van der Waals surface area (Å²) >= 11 is 0. The molecule has 4 heterocycles. The van der Waals surface area contributed by atoms with Gasteiger partial charge in [0.1, 0.15) is 12.0 Å². The fraction of sp³-hybridized carbons (Fsp3) is 0.500. The standard InChI is InChI=1S/C22H26N2O3/c1-12-17(10-25)14-8-21-22-16(9-20(23(21)2)18(14)11-27-12)15-7-13(26-4)5-6-19(15)24(22)3/h5-7,10,14,18,20-21H,8-9,11H2,1-4H3/t14-,18+,20-,21-/m0/s1. The van der Waals surface area contributed by atoms with E-state index in [1.54, 1.807) is 7.11 Å². The summed E-state index contributed by atoms with van der Waals surface area (Å²) < 4.78 is 13.7. The summed E-state index contributed by atoms with van der Waals surface area (Å²) in [6, 6.07) is 7.08. The van der Waals surface area contributed by atoms with Gasteiger partial charge in [-0.3, -0.25) is 9.69 Å². The van der Waals surface area contributed by atoms with Crippen molar-refractivity contribution in [2.45, 2.75) is 31.8 Å². The molecular weight excluding hydrogens is 340 g/mol. The Hall–Kier alpha value is -2.27. The molecule has 5 nitrogen and oxygen atoms in total. The number of rotatable bonds is 2. The number of fused-ring (bicyclic) bond motifs is 8. The number of aryl methyl sites for hydroxylation is 1. The number of aldehydes is 1. The van der Waals surface area contributed by atoms with Crippen LogP contribution in [-0.4, -0.2) is 42.6 Å². The molecule has 2 aromatic rings. The summed E-state index contributed by atoms with van der Waals surface area (Å²) in [5, 5.41) is 1.30. The highest BCUT2D eigenvalue weighted by molar-refractivity contribution is 5.87. The van der Waals surface area contributed by atoms with Crippen molar-refractivity contribution in [3.63, 3.8) is 0 Å². The Labute approximate surface area is 159 Å². The Morgan fingerprint density at radius 1 is 1.30 bits per heavy atom. The zero-order chi connectivity index (χ0) is 18.9. The number of aromatic nitrogens is 1. The van der Waals surface area contributed by atoms with Crippen molar-refractivity contribution in [1.29, 1.82) is 0 Å². The second-order valence-corrected chi connectivity index (χ2v) is 8.21. The number of allylic oxidation sites excluding steroid dienone is 2. The summed E-state index contributed by atoms with van der Waals surface area (Å²) in [6.07, 6.45) is 2.99. The molecule has 1 fully saturated rings. The minimum atomic E-state index is 0.295. The quantitative estimate of drug-likeness (QED) is 0.766. The summed E-state index contributed by atoms with van der Waals surface area (Å²) in [6.45, 7) is 2.64. The van der Waals surface area contributed by atoms with E-state index in [0.29, 0.717) is 30.5 Å². The first-order valence-electron chi connectivity index (χ1n) is 9.71. The molecule has 5 heteroatoms. The summed E-state index contributed by atoms with van der Waals surface area (Å²) in [5.74, 6) is 2.38. The molecule has 0 amide bonds. The molecule has 3 aliphatic heterocycles. The lowest BCUT2D eigenvalue weighted by atomic mass is 9.67. The first kappa shape index (κ1) is 16.9. The molecule has 4 atom stereocenters. The maximum Gasteiger partial charge on any atom is 0.149 e. The van der Waals surface area contributed by atoms with Crippen LogP contribution in [0.15, 0.2) is 29.5 Å². The van der Waals surface area contributed by atoms with Crippen LogP contribution in [0.2, 0.25) is 0 Å². The molecule has 5 rings (SSSR count). The number of hydrogen-bond donors (Lipinski definition) is 0. The van der Waals surface area contributed by atoms with E-state index in [1.807, 2.05) is 13.0 Å². The lowest BCUT2D eigenvalue weighted by Crippen LogP contribution is -2.55. The number of piperidine rings is 1. The summed E-state index contributed by atoms with van der Waals surface area (Å²) in [5.41, 5.74) is 4.96. The van der Waals surface area contributed by atoms with Gasteiger partial charge in [0.2, 0.25) is 0 Å². The fourth-order valence-corrected chi connectivity index (χ4v) is 5.80. The number of hydrogen-bond acceptors (Lipinski definition) is 4. The van der Waals surface area contributed by atoms with Crippen molar-refractivity contribution >= 4 is 17.2 Å². The highest BCUT2D eigenvalue weighted by Crippen LogP contribution is 2.51. The van der Waals surface area contributed by atoms with Crippen LogP contribution in [0.1, 0.15) is 30.6 Å². The molecule has 0 N–H and O–H groups in total. The molecule has 1 saturated heterocycles. The molecule has 0 saturated carbocycles. The van der Waals surface area contributed by atoms with E-state index >= 15 is 0 Å². The average molecular weight is 366 g/mol. The minimum absolute atomic E-state index is 0.295. The lowest BCUT2D eigenvalue weighted by molar-refractivity contribution is -0.107. The van der Waals surface area contributed by atoms with Crippen LogP contribution in [0.25, 0.3) is 10.9 Å². The lowest BCUT2D eigenvalue weighted by Gasteiger charge is -2.53. The molecule has 0 aliphatic carbocycles. The van der Waals surface area contributed by atoms with Crippen LogP contribution >= 0.6 is 0 Å². The van der Waals surface area contributed by atoms with Gasteiger partial charge in [-0.25, -0.2) is 0 Å². The molecule has 0 radical (unpaired) electrons. The maximum atomic E-state index is 11.8. The smallest absolute Gasteiger partial charge is 0.149 e. The van der Waals surface area contributed by atoms with Crippen LogP contribution in [0.3, 0.4) is 0 Å². The van der Waals surface area contributed by atoms with Gasteiger partial charge in [-0.15, -0.1) is 0 Å². The summed E-state index contributed by atoms with van der Waals surface area (Å²) in [4.78, 5) is 14.3. The second kappa shape index (κ2) is 5.86. The van der Waals surface area contributed by atoms with Gasteiger partial charge in [0.15, 0.2) is 0 Å². The van der Waals surface area contributed by atoms with Crippen LogP contribution < -0.4 is 4.74 Å². The highest BCUT2D eigenvalue weighted by Gasteiger charge is 2.50. The van der Waals surface area contributed by atoms with E-state index in [4.69, 9.17) is 9.47 Å². The number of nitrogens with zero attached hydrogens (tertiary/aromatic N) is 2. The highest BCUT2D eigenvalue weighted by atomic mass is 16.5. The van der Waals surface area contributed by atoms with Crippen molar-refractivity contribution in [3.8, 4) is 5.75 Å². The van der Waals surface area contributed by atoms with E-state index in [9.17, 15) is 4.79 Å². The Kier molecular flexibility index (Phi) is 3.66. The van der Waals surface area contributed by atoms with Gasteiger partial charge in [-0.2, -0.15) is 0 Å². The fourth-order valence-electron chi connectivity index (χ4n) is 5.80.